The summed E-state index contributed by atoms with van der Waals surface area (Å²) in [5.74, 6) is 0.401. The van der Waals surface area contributed by atoms with Gasteiger partial charge in [-0.05, 0) is 19.3 Å². The lowest BCUT2D eigenvalue weighted by Gasteiger charge is -2.18. The number of phosphoric acid groups is 1. The number of alkyl halides is 1. The van der Waals surface area contributed by atoms with Crippen LogP contribution in [-0.2, 0) is 27.9 Å². The van der Waals surface area contributed by atoms with Crippen LogP contribution in [0.2, 0.25) is 0 Å². The molecule has 33 heavy (non-hydrogen) atoms. The molecule has 0 spiro atoms. The normalized spacial score (nSPS) is 14.3. The lowest BCUT2D eigenvalue weighted by atomic mass is 10.0. The van der Waals surface area contributed by atoms with Crippen molar-refractivity contribution in [2.24, 2.45) is 0 Å². The van der Waals surface area contributed by atoms with E-state index in [4.69, 9.17) is 18.5 Å². The Morgan fingerprint density at radius 3 is 1.91 bits per heavy atom. The van der Waals surface area contributed by atoms with Crippen molar-refractivity contribution in [1.82, 2.24) is 0 Å². The summed E-state index contributed by atoms with van der Waals surface area (Å²) in [5.41, 5.74) is 0. The smallest absolute Gasteiger partial charge is 0.379 e. The number of unbranched alkanes of at least 4 members (excludes halogenated alkanes) is 11. The molecule has 0 aliphatic heterocycles. The van der Waals surface area contributed by atoms with Crippen LogP contribution >= 0.6 is 23.8 Å². The lowest BCUT2D eigenvalue weighted by molar-refractivity contribution is -0.119. The van der Waals surface area contributed by atoms with Crippen molar-refractivity contribution in [1.29, 1.82) is 0 Å². The minimum absolute atomic E-state index is 0.0758. The molecule has 0 radical (unpaired) electrons. The number of carbonyl (C=O) groups is 1. The van der Waals surface area contributed by atoms with Crippen LogP contribution in [0.1, 0.15) is 103 Å². The Morgan fingerprint density at radius 2 is 1.36 bits per heavy atom. The number of Topliss-reactive ketones (excluding diaryl/α,β-unsaturated/α-hetero) is 1. The monoisotopic (exact) mass is 558 g/mol. The summed E-state index contributed by atoms with van der Waals surface area (Å²) in [6.07, 6.45) is 16.4. The zero-order valence-corrected chi connectivity index (χ0v) is 23.4. The van der Waals surface area contributed by atoms with Crippen LogP contribution < -0.4 is 0 Å². The van der Waals surface area contributed by atoms with Gasteiger partial charge in [-0.3, -0.25) is 13.8 Å². The Balaban J connectivity index is 3.51. The quantitative estimate of drug-likeness (QED) is 0.0694. The summed E-state index contributed by atoms with van der Waals surface area (Å²) >= 11 is 3.12. The zero-order chi connectivity index (χ0) is 24.6. The second-order valence-electron chi connectivity index (χ2n) is 8.50. The van der Waals surface area contributed by atoms with Gasteiger partial charge in [-0.2, -0.15) is 0 Å². The fourth-order valence-electron chi connectivity index (χ4n) is 3.40. The van der Waals surface area contributed by atoms with Gasteiger partial charge in [-0.1, -0.05) is 87.1 Å². The van der Waals surface area contributed by atoms with E-state index in [1.807, 2.05) is 0 Å². The van der Waals surface area contributed by atoms with E-state index < -0.39 is 13.9 Å². The first-order valence-electron chi connectivity index (χ1n) is 12.7. The van der Waals surface area contributed by atoms with E-state index in [1.165, 1.54) is 58.5 Å². The Kier molecular flexibility index (Phi) is 24.0. The van der Waals surface area contributed by atoms with Gasteiger partial charge in [0.2, 0.25) is 0 Å². The average molecular weight is 560 g/mol. The van der Waals surface area contributed by atoms with Gasteiger partial charge in [0.15, 0.2) is 0 Å². The Labute approximate surface area is 210 Å². The highest BCUT2D eigenvalue weighted by atomic mass is 79.9. The summed E-state index contributed by atoms with van der Waals surface area (Å²) in [6, 6.07) is 0. The van der Waals surface area contributed by atoms with Crippen LogP contribution in [0.3, 0.4) is 0 Å². The number of phosphoric ester groups is 1. The van der Waals surface area contributed by atoms with Crippen LogP contribution in [0.4, 0.5) is 0 Å². The predicted octanol–water partition coefficient (Wildman–Crippen LogP) is 6.99. The van der Waals surface area contributed by atoms with Crippen molar-refractivity contribution in [2.75, 3.05) is 38.9 Å². The maximum absolute atomic E-state index is 12.0. The third kappa shape index (κ3) is 23.7. The van der Waals surface area contributed by atoms with Crippen LogP contribution in [-0.4, -0.2) is 55.6 Å². The van der Waals surface area contributed by atoms with Crippen LogP contribution in [0, 0.1) is 0 Å². The van der Waals surface area contributed by atoms with Crippen LogP contribution in [0.5, 0.6) is 0 Å². The van der Waals surface area contributed by atoms with E-state index in [2.05, 4.69) is 22.9 Å². The molecule has 2 atom stereocenters. The van der Waals surface area contributed by atoms with Crippen molar-refractivity contribution in [2.45, 2.75) is 109 Å². The highest BCUT2D eigenvalue weighted by Gasteiger charge is 2.23. The second kappa shape index (κ2) is 23.9. The summed E-state index contributed by atoms with van der Waals surface area (Å²) in [4.78, 5) is 21.5. The molecule has 0 bridgehead atoms. The summed E-state index contributed by atoms with van der Waals surface area (Å²) in [5, 5.41) is 0.450. The molecule has 0 aliphatic carbocycles. The van der Waals surface area contributed by atoms with Gasteiger partial charge >= 0.3 is 7.82 Å². The molecule has 0 aromatic rings. The molecule has 198 valence electrons. The number of methoxy groups -OCH3 is 1. The Hall–Kier alpha value is 0.180. The summed E-state index contributed by atoms with van der Waals surface area (Å²) in [7, 11) is -2.55. The Morgan fingerprint density at radius 1 is 0.818 bits per heavy atom. The average Bonchev–Trinajstić information content (AvgIpc) is 2.80. The number of halogens is 1. The minimum atomic E-state index is -4.05. The van der Waals surface area contributed by atoms with E-state index in [0.29, 0.717) is 24.1 Å². The highest BCUT2D eigenvalue weighted by molar-refractivity contribution is 9.09. The molecule has 0 aromatic heterocycles. The van der Waals surface area contributed by atoms with Gasteiger partial charge in [0.25, 0.3) is 0 Å². The van der Waals surface area contributed by atoms with Gasteiger partial charge in [0, 0.05) is 31.9 Å². The standard InChI is InChI=1S/C24H48BrO7P/c1-3-4-5-6-7-8-9-10-13-16-23(26)17-14-11-12-15-19-30-21-24(29-2)22-32-33(27,28)31-20-18-25/h24H,3-22H2,1-2H3,(H,27,28)/t24-/m1/s1. The van der Waals surface area contributed by atoms with Gasteiger partial charge in [-0.15, -0.1) is 0 Å². The third-order valence-corrected chi connectivity index (χ3v) is 6.75. The van der Waals surface area contributed by atoms with E-state index >= 15 is 0 Å². The fraction of sp³-hybridized carbons (Fsp3) is 0.958. The van der Waals surface area contributed by atoms with Crippen molar-refractivity contribution >= 4 is 29.5 Å². The van der Waals surface area contributed by atoms with Gasteiger partial charge in [0.1, 0.15) is 11.9 Å². The minimum Gasteiger partial charge on any atom is -0.379 e. The first-order chi connectivity index (χ1) is 15.9. The molecule has 0 aromatic carbocycles. The summed E-state index contributed by atoms with van der Waals surface area (Å²) < 4.78 is 32.1. The van der Waals surface area contributed by atoms with Gasteiger partial charge in [-0.25, -0.2) is 4.57 Å². The van der Waals surface area contributed by atoms with E-state index in [0.717, 1.165) is 38.5 Å². The van der Waals surface area contributed by atoms with Gasteiger partial charge in [0.05, 0.1) is 19.8 Å². The maximum Gasteiger partial charge on any atom is 0.472 e. The molecule has 0 saturated carbocycles. The molecular formula is C24H48BrO7P. The maximum atomic E-state index is 12.0. The number of carbonyl (C=O) groups excluding carboxylic acids is 1. The van der Waals surface area contributed by atoms with Crippen LogP contribution in [0.15, 0.2) is 0 Å². The lowest BCUT2D eigenvalue weighted by Crippen LogP contribution is -2.24. The SMILES string of the molecule is CCCCCCCCCCCC(=O)CCCCCCOC[C@H](COP(=O)(O)OCCBr)OC. The molecule has 0 saturated heterocycles. The van der Waals surface area contributed by atoms with Gasteiger partial charge < -0.3 is 14.4 Å². The highest BCUT2D eigenvalue weighted by Crippen LogP contribution is 2.43. The third-order valence-electron chi connectivity index (χ3n) is 5.45. The molecule has 0 heterocycles. The second-order valence-corrected chi connectivity index (χ2v) is 10.7. The molecule has 1 N–H and O–H groups in total. The number of hydrogen-bond donors (Lipinski definition) is 1. The molecule has 1 unspecified atom stereocenters. The Bertz CT molecular complexity index is 493. The molecule has 0 fully saturated rings. The fourth-order valence-corrected chi connectivity index (χ4v) is 4.56. The largest absolute Gasteiger partial charge is 0.472 e. The topological polar surface area (TPSA) is 91.3 Å². The van der Waals surface area contributed by atoms with E-state index in [1.54, 1.807) is 0 Å². The van der Waals surface area contributed by atoms with E-state index in [-0.39, 0.29) is 19.8 Å². The number of ether oxygens (including phenoxy) is 2. The number of rotatable bonds is 26. The van der Waals surface area contributed by atoms with Crippen molar-refractivity contribution in [3.05, 3.63) is 0 Å². The van der Waals surface area contributed by atoms with Crippen molar-refractivity contribution in [3.8, 4) is 0 Å². The van der Waals surface area contributed by atoms with Crippen LogP contribution in [0.25, 0.3) is 0 Å². The first kappa shape index (κ1) is 33.2. The molecule has 9 heteroatoms. The van der Waals surface area contributed by atoms with E-state index in [9.17, 15) is 14.3 Å². The molecule has 0 rings (SSSR count). The number of hydrogen-bond acceptors (Lipinski definition) is 6. The predicted molar refractivity (Wildman–Crippen MR) is 137 cm³/mol. The van der Waals surface area contributed by atoms with Crippen molar-refractivity contribution < 1.29 is 32.8 Å². The molecule has 0 aliphatic rings. The molecular weight excluding hydrogens is 511 g/mol. The van der Waals surface area contributed by atoms with Crippen molar-refractivity contribution in [3.63, 3.8) is 0 Å². The molecule has 0 amide bonds. The summed E-state index contributed by atoms with van der Waals surface area (Å²) in [6.45, 7) is 3.13. The zero-order valence-electron chi connectivity index (χ0n) is 20.9. The number of ketones is 1. The first-order valence-corrected chi connectivity index (χ1v) is 15.4. The molecule has 7 nitrogen and oxygen atoms in total.